The first-order valence-corrected chi connectivity index (χ1v) is 10.2. The van der Waals surface area contributed by atoms with Crippen molar-refractivity contribution in [1.29, 1.82) is 0 Å². The van der Waals surface area contributed by atoms with Crippen molar-refractivity contribution in [3.05, 3.63) is 77.9 Å². The zero-order chi connectivity index (χ0) is 20.1. The van der Waals surface area contributed by atoms with Gasteiger partial charge in [-0.05, 0) is 49.2 Å². The standard InChI is InChI=1S/C25H23NO3/c1-3-29-18-11-9-17(10-12-18)26-24(27)22-19-13-14-20(23(22)25(26)28)21(19)15(2)16-7-5-4-6-8-16/h4-14,19-20,22-23H,3H2,1-2H3/t19-,20-,22-,23+/m0/s1. The van der Waals surface area contributed by atoms with E-state index >= 15 is 0 Å². The number of benzene rings is 2. The molecule has 2 aromatic rings. The predicted octanol–water partition coefficient (Wildman–Crippen LogP) is 4.48. The van der Waals surface area contributed by atoms with Crippen molar-refractivity contribution in [3.8, 4) is 5.75 Å². The van der Waals surface area contributed by atoms with Crippen LogP contribution in [0.3, 0.4) is 0 Å². The summed E-state index contributed by atoms with van der Waals surface area (Å²) in [6.07, 6.45) is 4.25. The van der Waals surface area contributed by atoms with Crippen LogP contribution in [0, 0.1) is 23.7 Å². The molecule has 4 nitrogen and oxygen atoms in total. The number of fused-ring (bicyclic) bond motifs is 5. The van der Waals surface area contributed by atoms with Gasteiger partial charge in [0.1, 0.15) is 5.75 Å². The summed E-state index contributed by atoms with van der Waals surface area (Å²) in [7, 11) is 0. The Kier molecular flexibility index (Phi) is 4.16. The minimum absolute atomic E-state index is 0.00866. The minimum atomic E-state index is -0.294. The molecular weight excluding hydrogens is 362 g/mol. The molecule has 4 atom stereocenters. The molecule has 146 valence electrons. The molecule has 2 fully saturated rings. The lowest BCUT2D eigenvalue weighted by molar-refractivity contribution is -0.122. The summed E-state index contributed by atoms with van der Waals surface area (Å²) in [5.74, 6) is -0.00102. The van der Waals surface area contributed by atoms with E-state index in [0.29, 0.717) is 12.3 Å². The van der Waals surface area contributed by atoms with Gasteiger partial charge in [0, 0.05) is 11.8 Å². The minimum Gasteiger partial charge on any atom is -0.494 e. The van der Waals surface area contributed by atoms with Crippen LogP contribution in [0.5, 0.6) is 5.75 Å². The maximum atomic E-state index is 13.3. The molecule has 0 spiro atoms. The highest BCUT2D eigenvalue weighted by Gasteiger charge is 2.62. The summed E-state index contributed by atoms with van der Waals surface area (Å²) >= 11 is 0. The number of anilines is 1. The van der Waals surface area contributed by atoms with Crippen LogP contribution < -0.4 is 9.64 Å². The second-order valence-corrected chi connectivity index (χ2v) is 7.87. The largest absolute Gasteiger partial charge is 0.494 e. The Morgan fingerprint density at radius 3 is 2.03 bits per heavy atom. The molecule has 29 heavy (non-hydrogen) atoms. The number of carbonyl (C=O) groups is 2. The Labute approximate surface area is 170 Å². The van der Waals surface area contributed by atoms with Crippen molar-refractivity contribution in [1.82, 2.24) is 0 Å². The van der Waals surface area contributed by atoms with Gasteiger partial charge in [-0.25, -0.2) is 4.90 Å². The van der Waals surface area contributed by atoms with E-state index in [1.54, 1.807) is 12.1 Å². The molecule has 2 aromatic carbocycles. The van der Waals surface area contributed by atoms with Crippen LogP contribution in [-0.4, -0.2) is 18.4 Å². The number of allylic oxidation sites excluding steroid dienone is 4. The van der Waals surface area contributed by atoms with Crippen LogP contribution in [0.15, 0.2) is 72.3 Å². The van der Waals surface area contributed by atoms with Gasteiger partial charge in [-0.2, -0.15) is 0 Å². The van der Waals surface area contributed by atoms with Gasteiger partial charge in [0.15, 0.2) is 0 Å². The van der Waals surface area contributed by atoms with Crippen LogP contribution in [0.1, 0.15) is 19.4 Å². The molecule has 1 saturated heterocycles. The van der Waals surface area contributed by atoms with E-state index in [0.717, 1.165) is 11.3 Å². The first kappa shape index (κ1) is 17.9. The summed E-state index contributed by atoms with van der Waals surface area (Å²) in [6, 6.07) is 17.4. The Balaban J connectivity index is 1.49. The van der Waals surface area contributed by atoms with Gasteiger partial charge in [-0.3, -0.25) is 9.59 Å². The van der Waals surface area contributed by atoms with E-state index in [2.05, 4.69) is 31.2 Å². The van der Waals surface area contributed by atoms with Gasteiger partial charge >= 0.3 is 0 Å². The molecule has 2 aliphatic carbocycles. The number of imide groups is 1. The van der Waals surface area contributed by atoms with Gasteiger partial charge in [0.2, 0.25) is 11.8 Å². The molecule has 0 N–H and O–H groups in total. The smallest absolute Gasteiger partial charge is 0.238 e. The van der Waals surface area contributed by atoms with Gasteiger partial charge in [-0.15, -0.1) is 0 Å². The predicted molar refractivity (Wildman–Crippen MR) is 112 cm³/mol. The second kappa shape index (κ2) is 6.73. The average molecular weight is 385 g/mol. The van der Waals surface area contributed by atoms with E-state index in [4.69, 9.17) is 4.74 Å². The molecule has 0 aromatic heterocycles. The number of hydrogen-bond acceptors (Lipinski definition) is 3. The maximum absolute atomic E-state index is 13.3. The monoisotopic (exact) mass is 385 g/mol. The summed E-state index contributed by atoms with van der Waals surface area (Å²) in [5.41, 5.74) is 4.21. The molecule has 2 amide bonds. The normalized spacial score (nSPS) is 28.8. The Bertz CT molecular complexity index is 1000. The Morgan fingerprint density at radius 2 is 1.48 bits per heavy atom. The number of ether oxygens (including phenoxy) is 1. The lowest BCUT2D eigenvalue weighted by Gasteiger charge is -2.20. The molecule has 0 unspecified atom stereocenters. The molecule has 1 saturated carbocycles. The van der Waals surface area contributed by atoms with Gasteiger partial charge in [0.05, 0.1) is 24.1 Å². The highest BCUT2D eigenvalue weighted by molar-refractivity contribution is 6.23. The number of amides is 2. The summed E-state index contributed by atoms with van der Waals surface area (Å²) in [5, 5.41) is 0. The lowest BCUT2D eigenvalue weighted by Crippen LogP contribution is -2.33. The number of hydrogen-bond donors (Lipinski definition) is 0. The van der Waals surface area contributed by atoms with Gasteiger partial charge in [0.25, 0.3) is 0 Å². The van der Waals surface area contributed by atoms with E-state index in [1.807, 2.05) is 37.3 Å². The summed E-state index contributed by atoms with van der Waals surface area (Å²) in [6.45, 7) is 4.61. The molecular formula is C25H23NO3. The van der Waals surface area contributed by atoms with Crippen molar-refractivity contribution in [3.63, 3.8) is 0 Å². The number of carbonyl (C=O) groups excluding carboxylic acids is 2. The SMILES string of the molecule is CCOc1ccc(N2C(=O)[C@@H]3[C@H](C2=O)[C@H]2C=C[C@H]3C2=C(C)c2ccccc2)cc1. The lowest BCUT2D eigenvalue weighted by atomic mass is 9.85. The van der Waals surface area contributed by atoms with Crippen molar-refractivity contribution >= 4 is 23.1 Å². The second-order valence-electron chi connectivity index (χ2n) is 7.87. The fourth-order valence-corrected chi connectivity index (χ4v) is 5.23. The van der Waals surface area contributed by atoms with E-state index in [1.165, 1.54) is 16.0 Å². The third kappa shape index (κ3) is 2.59. The Hall–Kier alpha value is -3.14. The number of rotatable bonds is 4. The maximum Gasteiger partial charge on any atom is 0.238 e. The zero-order valence-electron chi connectivity index (χ0n) is 16.5. The molecule has 1 heterocycles. The molecule has 3 aliphatic rings. The Morgan fingerprint density at radius 1 is 0.897 bits per heavy atom. The third-order valence-corrected chi connectivity index (χ3v) is 6.46. The van der Waals surface area contributed by atoms with Gasteiger partial charge in [-0.1, -0.05) is 48.1 Å². The molecule has 4 heteroatoms. The average Bonchev–Trinajstić information content (AvgIpc) is 3.39. The van der Waals surface area contributed by atoms with Crippen molar-refractivity contribution in [2.24, 2.45) is 23.7 Å². The van der Waals surface area contributed by atoms with Crippen molar-refractivity contribution < 1.29 is 14.3 Å². The van der Waals surface area contributed by atoms with Crippen LogP contribution in [0.2, 0.25) is 0 Å². The summed E-state index contributed by atoms with van der Waals surface area (Å²) in [4.78, 5) is 28.0. The highest BCUT2D eigenvalue weighted by atomic mass is 16.5. The van der Waals surface area contributed by atoms with E-state index in [9.17, 15) is 9.59 Å². The topological polar surface area (TPSA) is 46.6 Å². The van der Waals surface area contributed by atoms with Crippen LogP contribution in [0.4, 0.5) is 5.69 Å². The van der Waals surface area contributed by atoms with Crippen molar-refractivity contribution in [2.45, 2.75) is 13.8 Å². The van der Waals surface area contributed by atoms with Crippen LogP contribution >= 0.6 is 0 Å². The third-order valence-electron chi connectivity index (χ3n) is 6.46. The van der Waals surface area contributed by atoms with Crippen LogP contribution in [-0.2, 0) is 9.59 Å². The summed E-state index contributed by atoms with van der Waals surface area (Å²) < 4.78 is 5.47. The number of nitrogens with zero attached hydrogens (tertiary/aromatic N) is 1. The highest BCUT2D eigenvalue weighted by Crippen LogP contribution is 2.58. The van der Waals surface area contributed by atoms with E-state index < -0.39 is 0 Å². The van der Waals surface area contributed by atoms with E-state index in [-0.39, 0.29) is 35.5 Å². The van der Waals surface area contributed by atoms with Crippen LogP contribution in [0.25, 0.3) is 5.57 Å². The first-order chi connectivity index (χ1) is 14.1. The first-order valence-electron chi connectivity index (χ1n) is 10.2. The fraction of sp³-hybridized carbons (Fsp3) is 0.280. The van der Waals surface area contributed by atoms with Crippen molar-refractivity contribution in [2.75, 3.05) is 11.5 Å². The molecule has 0 radical (unpaired) electrons. The quantitative estimate of drug-likeness (QED) is 0.576. The van der Waals surface area contributed by atoms with Gasteiger partial charge < -0.3 is 4.74 Å². The molecule has 2 bridgehead atoms. The zero-order valence-corrected chi connectivity index (χ0v) is 16.5. The molecule has 5 rings (SSSR count). The fourth-order valence-electron chi connectivity index (χ4n) is 5.23. The molecule has 1 aliphatic heterocycles.